The van der Waals surface area contributed by atoms with Crippen LogP contribution in [0.4, 0.5) is 23.7 Å². The van der Waals surface area contributed by atoms with E-state index in [1.165, 1.54) is 28.8 Å². The summed E-state index contributed by atoms with van der Waals surface area (Å²) in [6.07, 6.45) is -1.81. The third-order valence-corrected chi connectivity index (χ3v) is 7.37. The molecule has 0 aromatic heterocycles. The summed E-state index contributed by atoms with van der Waals surface area (Å²) in [4.78, 5) is 29.3. The Labute approximate surface area is 199 Å². The standard InChI is InChI=1S/C23H25F3N4O3S/c1-3-16-18(4-2)34-19-6-5-14(23(24,25)26)11-17(19)29(16)12-15(31)13-30-20(32)22(28-21(30)33)7-9-27-10-8-22/h3-6,11,15,27,31H,1-2,7-10,12-13H2,(H,28,33). The minimum absolute atomic E-state index is 0.154. The van der Waals surface area contributed by atoms with Gasteiger partial charge in [-0.3, -0.25) is 9.69 Å². The molecular formula is C23H25F3N4O3S. The number of aliphatic hydroxyl groups excluding tert-OH is 1. The van der Waals surface area contributed by atoms with Crippen LogP contribution in [0.3, 0.4) is 0 Å². The van der Waals surface area contributed by atoms with Crippen molar-refractivity contribution in [3.05, 3.63) is 59.7 Å². The number of alkyl halides is 3. The lowest BCUT2D eigenvalue weighted by molar-refractivity contribution is -0.137. The van der Waals surface area contributed by atoms with E-state index in [-0.39, 0.29) is 18.8 Å². The highest BCUT2D eigenvalue weighted by atomic mass is 32.2. The van der Waals surface area contributed by atoms with E-state index in [1.54, 1.807) is 6.08 Å². The number of fused-ring (bicyclic) bond motifs is 1. The van der Waals surface area contributed by atoms with Crippen molar-refractivity contribution in [2.24, 2.45) is 0 Å². The fraction of sp³-hybridized carbons (Fsp3) is 0.391. The number of hydrogen-bond acceptors (Lipinski definition) is 6. The Hall–Kier alpha value is -2.76. The van der Waals surface area contributed by atoms with Crippen molar-refractivity contribution in [3.8, 4) is 0 Å². The molecule has 1 aromatic carbocycles. The molecule has 3 N–H and O–H groups in total. The average Bonchev–Trinajstić information content (AvgIpc) is 3.01. The lowest BCUT2D eigenvalue weighted by atomic mass is 9.88. The van der Waals surface area contributed by atoms with Crippen molar-refractivity contribution >= 4 is 29.4 Å². The summed E-state index contributed by atoms with van der Waals surface area (Å²) in [5.41, 5.74) is -1.05. The number of aliphatic hydroxyl groups is 1. The van der Waals surface area contributed by atoms with Crippen LogP contribution in [0.5, 0.6) is 0 Å². The predicted molar refractivity (Wildman–Crippen MR) is 123 cm³/mol. The van der Waals surface area contributed by atoms with Gasteiger partial charge in [0.2, 0.25) is 0 Å². The maximum absolute atomic E-state index is 13.4. The zero-order valence-corrected chi connectivity index (χ0v) is 19.1. The van der Waals surface area contributed by atoms with Gasteiger partial charge in [-0.1, -0.05) is 31.0 Å². The molecule has 182 valence electrons. The molecule has 0 bridgehead atoms. The SMILES string of the molecule is C=CC1=C(C=C)N(CC(O)CN2C(=O)NC3(CCNCC3)C2=O)c2cc(C(F)(F)F)ccc2S1. The number of carbonyl (C=O) groups excluding carboxylic acids is 2. The molecule has 3 aliphatic rings. The number of nitrogens with one attached hydrogen (secondary N) is 2. The molecule has 1 unspecified atom stereocenters. The molecule has 3 aliphatic heterocycles. The number of hydrogen-bond donors (Lipinski definition) is 3. The van der Waals surface area contributed by atoms with Crippen LogP contribution in [0.2, 0.25) is 0 Å². The minimum atomic E-state index is -4.54. The van der Waals surface area contributed by atoms with E-state index in [2.05, 4.69) is 23.8 Å². The van der Waals surface area contributed by atoms with E-state index in [4.69, 9.17) is 0 Å². The van der Waals surface area contributed by atoms with Crippen LogP contribution >= 0.6 is 11.8 Å². The number of urea groups is 1. The summed E-state index contributed by atoms with van der Waals surface area (Å²) in [5, 5.41) is 16.8. The Bertz CT molecular complexity index is 1070. The predicted octanol–water partition coefficient (Wildman–Crippen LogP) is 3.24. The second-order valence-electron chi connectivity index (χ2n) is 8.38. The maximum Gasteiger partial charge on any atom is 0.416 e. The lowest BCUT2D eigenvalue weighted by Crippen LogP contribution is -2.54. The third kappa shape index (κ3) is 4.35. The van der Waals surface area contributed by atoms with Gasteiger partial charge in [-0.15, -0.1) is 0 Å². The Morgan fingerprint density at radius 3 is 2.44 bits per heavy atom. The summed E-state index contributed by atoms with van der Waals surface area (Å²) < 4.78 is 40.2. The zero-order chi connectivity index (χ0) is 24.7. The van der Waals surface area contributed by atoms with Crippen molar-refractivity contribution in [1.82, 2.24) is 15.5 Å². The van der Waals surface area contributed by atoms with Gasteiger partial charge in [-0.25, -0.2) is 4.79 Å². The molecule has 0 radical (unpaired) electrons. The van der Waals surface area contributed by atoms with Gasteiger partial charge in [0.15, 0.2) is 0 Å². The number of rotatable bonds is 6. The van der Waals surface area contributed by atoms with Gasteiger partial charge in [-0.05, 0) is 50.2 Å². The summed E-state index contributed by atoms with van der Waals surface area (Å²) in [5.74, 6) is -0.390. The Morgan fingerprint density at radius 1 is 1.15 bits per heavy atom. The number of imide groups is 1. The number of allylic oxidation sites excluding steroid dienone is 2. The normalized spacial score (nSPS) is 20.9. The largest absolute Gasteiger partial charge is 0.416 e. The number of β-amino-alcohol motifs (C(OH)–C–C–N with tert-alkyl or cyclic N) is 1. The first-order chi connectivity index (χ1) is 16.1. The quantitative estimate of drug-likeness (QED) is 0.527. The van der Waals surface area contributed by atoms with Crippen molar-refractivity contribution in [1.29, 1.82) is 0 Å². The van der Waals surface area contributed by atoms with Gasteiger partial charge >= 0.3 is 12.2 Å². The highest BCUT2D eigenvalue weighted by Gasteiger charge is 2.51. The zero-order valence-electron chi connectivity index (χ0n) is 18.3. The van der Waals surface area contributed by atoms with Crippen LogP contribution in [-0.4, -0.2) is 59.8 Å². The average molecular weight is 495 g/mol. The van der Waals surface area contributed by atoms with Gasteiger partial charge in [0.1, 0.15) is 5.54 Å². The number of thioether (sulfide) groups is 1. The van der Waals surface area contributed by atoms with Crippen LogP contribution in [0.25, 0.3) is 0 Å². The number of halogens is 3. The number of anilines is 1. The fourth-order valence-electron chi connectivity index (χ4n) is 4.49. The van der Waals surface area contributed by atoms with Crippen LogP contribution in [0, 0.1) is 0 Å². The van der Waals surface area contributed by atoms with Crippen molar-refractivity contribution in [2.45, 2.75) is 35.6 Å². The third-order valence-electron chi connectivity index (χ3n) is 6.21. The van der Waals surface area contributed by atoms with Gasteiger partial charge in [-0.2, -0.15) is 13.2 Å². The van der Waals surface area contributed by atoms with Gasteiger partial charge in [0.05, 0.1) is 36.1 Å². The summed E-state index contributed by atoms with van der Waals surface area (Å²) in [7, 11) is 0. The van der Waals surface area contributed by atoms with Crippen LogP contribution < -0.4 is 15.5 Å². The number of piperidine rings is 1. The topological polar surface area (TPSA) is 84.9 Å². The summed E-state index contributed by atoms with van der Waals surface area (Å²) >= 11 is 1.25. The number of carbonyl (C=O) groups is 2. The second-order valence-corrected chi connectivity index (χ2v) is 9.47. The van der Waals surface area contributed by atoms with Crippen LogP contribution in [0.1, 0.15) is 18.4 Å². The molecule has 3 amide bonds. The molecular weight excluding hydrogens is 469 g/mol. The highest BCUT2D eigenvalue weighted by Crippen LogP contribution is 2.46. The van der Waals surface area contributed by atoms with Crippen molar-refractivity contribution < 1.29 is 27.9 Å². The van der Waals surface area contributed by atoms with Gasteiger partial charge in [0.25, 0.3) is 5.91 Å². The van der Waals surface area contributed by atoms with Crippen LogP contribution in [0.15, 0.2) is 59.0 Å². The molecule has 2 fully saturated rings. The van der Waals surface area contributed by atoms with E-state index in [0.29, 0.717) is 41.4 Å². The van der Waals surface area contributed by atoms with Crippen LogP contribution in [-0.2, 0) is 11.0 Å². The maximum atomic E-state index is 13.4. The second kappa shape index (κ2) is 9.12. The van der Waals surface area contributed by atoms with Gasteiger partial charge in [0, 0.05) is 9.80 Å². The summed E-state index contributed by atoms with van der Waals surface area (Å²) in [6, 6.07) is 2.83. The van der Waals surface area contributed by atoms with E-state index in [1.807, 2.05) is 0 Å². The molecule has 1 atom stereocenters. The minimum Gasteiger partial charge on any atom is -0.389 e. The molecule has 11 heteroatoms. The van der Waals surface area contributed by atoms with E-state index >= 15 is 0 Å². The molecule has 34 heavy (non-hydrogen) atoms. The van der Waals surface area contributed by atoms with Gasteiger partial charge < -0.3 is 20.6 Å². The first kappa shape index (κ1) is 24.4. The molecule has 7 nitrogen and oxygen atoms in total. The number of amides is 3. The monoisotopic (exact) mass is 494 g/mol. The molecule has 2 saturated heterocycles. The molecule has 3 heterocycles. The smallest absolute Gasteiger partial charge is 0.389 e. The Morgan fingerprint density at radius 2 is 1.82 bits per heavy atom. The van der Waals surface area contributed by atoms with E-state index in [9.17, 15) is 27.9 Å². The Kier molecular flexibility index (Phi) is 6.54. The first-order valence-electron chi connectivity index (χ1n) is 10.8. The first-order valence-corrected chi connectivity index (χ1v) is 11.6. The number of benzene rings is 1. The molecule has 0 aliphatic carbocycles. The molecule has 0 saturated carbocycles. The van der Waals surface area contributed by atoms with Crippen molar-refractivity contribution in [2.75, 3.05) is 31.1 Å². The summed E-state index contributed by atoms with van der Waals surface area (Å²) in [6.45, 7) is 8.28. The molecule has 1 aromatic rings. The lowest BCUT2D eigenvalue weighted by Gasteiger charge is -2.35. The van der Waals surface area contributed by atoms with E-state index in [0.717, 1.165) is 17.0 Å². The fourth-order valence-corrected chi connectivity index (χ4v) is 5.52. The van der Waals surface area contributed by atoms with Crippen molar-refractivity contribution in [3.63, 3.8) is 0 Å². The highest BCUT2D eigenvalue weighted by molar-refractivity contribution is 8.03. The molecule has 1 spiro atoms. The Balaban J connectivity index is 1.60. The number of nitrogens with zero attached hydrogens (tertiary/aromatic N) is 2. The molecule has 4 rings (SSSR count). The van der Waals surface area contributed by atoms with E-state index < -0.39 is 35.3 Å².